The third kappa shape index (κ3) is 4.18. The third-order valence-electron chi connectivity index (χ3n) is 4.79. The summed E-state index contributed by atoms with van der Waals surface area (Å²) in [5.74, 6) is 4.96. The van der Waals surface area contributed by atoms with Gasteiger partial charge in [0.1, 0.15) is 0 Å². The Kier molecular flexibility index (Phi) is 6.17. The number of fused-ring (bicyclic) bond motifs is 1. The molecule has 0 bridgehead atoms. The van der Waals surface area contributed by atoms with Crippen LogP contribution in [0.5, 0.6) is 0 Å². The van der Waals surface area contributed by atoms with Gasteiger partial charge in [-0.25, -0.2) is 10.6 Å². The van der Waals surface area contributed by atoms with Gasteiger partial charge in [0.2, 0.25) is 0 Å². The van der Waals surface area contributed by atoms with E-state index in [1.165, 1.54) is 0 Å². The molecule has 0 atom stereocenters. The number of carboxylic acid groups (broad SMARTS) is 1. The topological polar surface area (TPSA) is 126 Å². The Morgan fingerprint density at radius 3 is 2.40 bits per heavy atom. The number of nitrogens with two attached hydrogens (primary N) is 1. The van der Waals surface area contributed by atoms with Crippen LogP contribution in [0.15, 0.2) is 53.3 Å². The molecule has 1 aromatic heterocycles. The van der Waals surface area contributed by atoms with Crippen LogP contribution in [0.25, 0.3) is 21.9 Å². The van der Waals surface area contributed by atoms with Gasteiger partial charge in [-0.2, -0.15) is 0 Å². The average Bonchev–Trinajstić information content (AvgIpc) is 2.73. The van der Waals surface area contributed by atoms with Crippen molar-refractivity contribution < 1.29 is 14.7 Å². The summed E-state index contributed by atoms with van der Waals surface area (Å²) >= 11 is 0. The maximum Gasteiger partial charge on any atom is 0.404 e. The Morgan fingerprint density at radius 1 is 1.10 bits per heavy atom. The molecule has 0 fully saturated rings. The zero-order chi connectivity index (χ0) is 21.8. The minimum atomic E-state index is -1.19. The van der Waals surface area contributed by atoms with Gasteiger partial charge in [-0.05, 0) is 35.1 Å². The summed E-state index contributed by atoms with van der Waals surface area (Å²) in [7, 11) is 0. The van der Waals surface area contributed by atoms with Crippen LogP contribution in [0.2, 0.25) is 0 Å². The molecular formula is C22H24N4O4. The zero-order valence-electron chi connectivity index (χ0n) is 16.8. The van der Waals surface area contributed by atoms with Crippen molar-refractivity contribution in [2.75, 3.05) is 0 Å². The number of amides is 2. The molecule has 3 aromatic rings. The Morgan fingerprint density at radius 2 is 1.80 bits per heavy atom. The molecule has 0 unspecified atom stereocenters. The predicted molar refractivity (Wildman–Crippen MR) is 115 cm³/mol. The van der Waals surface area contributed by atoms with Crippen LogP contribution in [-0.2, 0) is 13.1 Å². The van der Waals surface area contributed by atoms with E-state index in [0.717, 1.165) is 5.56 Å². The summed E-state index contributed by atoms with van der Waals surface area (Å²) in [5.41, 5.74) is 4.22. The first kappa shape index (κ1) is 21.1. The highest BCUT2D eigenvalue weighted by Gasteiger charge is 2.20. The minimum Gasteiger partial charge on any atom is -0.465 e. The lowest BCUT2D eigenvalue weighted by Crippen LogP contribution is -2.32. The first-order chi connectivity index (χ1) is 14.3. The SMILES string of the molecule is CC(C)Cn1c(CNC(=O)O)c(-c2ccccc2)c2cc(C(=O)NN)ccc2c1=O. The van der Waals surface area contributed by atoms with Crippen LogP contribution in [0.4, 0.5) is 4.79 Å². The van der Waals surface area contributed by atoms with Gasteiger partial charge in [0.05, 0.1) is 6.54 Å². The lowest BCUT2D eigenvalue weighted by atomic mass is 9.94. The Labute approximate surface area is 173 Å². The van der Waals surface area contributed by atoms with Gasteiger partial charge in [0, 0.05) is 28.8 Å². The number of nitrogen functional groups attached to an aromatic ring is 1. The summed E-state index contributed by atoms with van der Waals surface area (Å²) in [6.45, 7) is 4.35. The molecule has 3 rings (SSSR count). The normalized spacial score (nSPS) is 10.9. The van der Waals surface area contributed by atoms with Crippen molar-refractivity contribution in [3.05, 3.63) is 70.1 Å². The standard InChI is InChI=1S/C22H24N4O4/c1-13(2)12-26-18(11-24-22(29)30)19(14-6-4-3-5-7-14)17-10-15(20(27)25-23)8-9-16(17)21(26)28/h3-10,13,24H,11-12,23H2,1-2H3,(H,25,27)(H,29,30). The first-order valence-corrected chi connectivity index (χ1v) is 9.56. The van der Waals surface area contributed by atoms with Gasteiger partial charge in [0.25, 0.3) is 11.5 Å². The number of rotatable bonds is 6. The highest BCUT2D eigenvalue weighted by molar-refractivity contribution is 6.03. The van der Waals surface area contributed by atoms with Crippen molar-refractivity contribution >= 4 is 22.8 Å². The maximum atomic E-state index is 13.3. The molecule has 156 valence electrons. The molecule has 0 aliphatic carbocycles. The maximum absolute atomic E-state index is 13.3. The molecule has 8 nitrogen and oxygen atoms in total. The van der Waals surface area contributed by atoms with E-state index < -0.39 is 12.0 Å². The number of hydrogen-bond donors (Lipinski definition) is 4. The molecule has 5 N–H and O–H groups in total. The lowest BCUT2D eigenvalue weighted by molar-refractivity contribution is 0.0953. The fraction of sp³-hybridized carbons (Fsp3) is 0.227. The van der Waals surface area contributed by atoms with E-state index >= 15 is 0 Å². The highest BCUT2D eigenvalue weighted by Crippen LogP contribution is 2.32. The summed E-state index contributed by atoms with van der Waals surface area (Å²) in [6.07, 6.45) is -1.19. The smallest absolute Gasteiger partial charge is 0.404 e. The molecule has 0 aliphatic heterocycles. The quantitative estimate of drug-likeness (QED) is 0.283. The number of nitrogens with one attached hydrogen (secondary N) is 2. The van der Waals surface area contributed by atoms with Gasteiger partial charge in [-0.3, -0.25) is 15.0 Å². The Bertz CT molecular complexity index is 1150. The minimum absolute atomic E-state index is 0.0508. The number of benzene rings is 2. The van der Waals surface area contributed by atoms with E-state index in [0.29, 0.717) is 34.1 Å². The van der Waals surface area contributed by atoms with Crippen molar-refractivity contribution in [3.8, 4) is 11.1 Å². The highest BCUT2D eigenvalue weighted by atomic mass is 16.4. The lowest BCUT2D eigenvalue weighted by Gasteiger charge is -2.21. The van der Waals surface area contributed by atoms with Crippen LogP contribution in [0.3, 0.4) is 0 Å². The second-order valence-electron chi connectivity index (χ2n) is 7.39. The molecule has 2 amide bonds. The van der Waals surface area contributed by atoms with Crippen molar-refractivity contribution in [1.29, 1.82) is 0 Å². The molecule has 0 saturated carbocycles. The van der Waals surface area contributed by atoms with Crippen molar-refractivity contribution in [3.63, 3.8) is 0 Å². The number of hydrogen-bond acceptors (Lipinski definition) is 4. The fourth-order valence-electron chi connectivity index (χ4n) is 3.55. The van der Waals surface area contributed by atoms with Crippen LogP contribution in [0, 0.1) is 5.92 Å². The van der Waals surface area contributed by atoms with E-state index in [1.54, 1.807) is 22.8 Å². The first-order valence-electron chi connectivity index (χ1n) is 9.56. The Hall–Kier alpha value is -3.65. The van der Waals surface area contributed by atoms with Crippen LogP contribution in [0.1, 0.15) is 29.9 Å². The molecule has 0 radical (unpaired) electrons. The van der Waals surface area contributed by atoms with E-state index in [9.17, 15) is 19.5 Å². The van der Waals surface area contributed by atoms with E-state index in [2.05, 4.69) is 10.7 Å². The van der Waals surface area contributed by atoms with Gasteiger partial charge in [-0.15, -0.1) is 0 Å². The van der Waals surface area contributed by atoms with Crippen molar-refractivity contribution in [1.82, 2.24) is 15.3 Å². The third-order valence-corrected chi connectivity index (χ3v) is 4.79. The van der Waals surface area contributed by atoms with Crippen LogP contribution < -0.4 is 22.1 Å². The van der Waals surface area contributed by atoms with E-state index in [-0.39, 0.29) is 18.0 Å². The zero-order valence-corrected chi connectivity index (χ0v) is 16.8. The monoisotopic (exact) mass is 408 g/mol. The molecule has 0 saturated heterocycles. The number of carbonyl (C=O) groups is 2. The summed E-state index contributed by atoms with van der Waals surface area (Å²) in [4.78, 5) is 36.6. The Balaban J connectivity index is 2.44. The number of hydrazine groups is 1. The molecule has 8 heteroatoms. The predicted octanol–water partition coefficient (Wildman–Crippen LogP) is 2.70. The van der Waals surface area contributed by atoms with Crippen LogP contribution >= 0.6 is 0 Å². The largest absolute Gasteiger partial charge is 0.465 e. The number of nitrogens with zero attached hydrogens (tertiary/aromatic N) is 1. The fourth-order valence-corrected chi connectivity index (χ4v) is 3.55. The summed E-state index contributed by atoms with van der Waals surface area (Å²) < 4.78 is 1.62. The second-order valence-corrected chi connectivity index (χ2v) is 7.39. The van der Waals surface area contributed by atoms with Crippen molar-refractivity contribution in [2.45, 2.75) is 26.9 Å². The molecule has 0 spiro atoms. The number of aromatic nitrogens is 1. The molecule has 1 heterocycles. The number of carbonyl (C=O) groups excluding carboxylic acids is 1. The van der Waals surface area contributed by atoms with E-state index in [1.807, 2.05) is 44.2 Å². The molecule has 2 aromatic carbocycles. The summed E-state index contributed by atoms with van der Waals surface area (Å²) in [5, 5.41) is 12.6. The molecular weight excluding hydrogens is 384 g/mol. The van der Waals surface area contributed by atoms with Gasteiger partial charge in [0.15, 0.2) is 0 Å². The van der Waals surface area contributed by atoms with Crippen molar-refractivity contribution in [2.24, 2.45) is 11.8 Å². The average molecular weight is 408 g/mol. The van der Waals surface area contributed by atoms with E-state index in [4.69, 9.17) is 5.84 Å². The summed E-state index contributed by atoms with van der Waals surface area (Å²) in [6, 6.07) is 14.2. The second kappa shape index (κ2) is 8.79. The molecule has 0 aliphatic rings. The van der Waals surface area contributed by atoms with Gasteiger partial charge < -0.3 is 15.0 Å². The van der Waals surface area contributed by atoms with Crippen LogP contribution in [-0.4, -0.2) is 21.7 Å². The molecule has 30 heavy (non-hydrogen) atoms. The van der Waals surface area contributed by atoms with Gasteiger partial charge >= 0.3 is 6.09 Å². The van der Waals surface area contributed by atoms with Gasteiger partial charge in [-0.1, -0.05) is 44.2 Å². The number of pyridine rings is 1.